The highest BCUT2D eigenvalue weighted by Gasteiger charge is 2.16. The SMILES string of the molecule is CC(c1ccco1)n1cncc1-c1cccnc1N. The molecule has 1 unspecified atom stereocenters. The van der Waals surface area contributed by atoms with Crippen LogP contribution in [-0.2, 0) is 0 Å². The van der Waals surface area contributed by atoms with Crippen molar-refractivity contribution in [3.8, 4) is 11.3 Å². The minimum atomic E-state index is 0.0482. The molecule has 0 aromatic carbocycles. The lowest BCUT2D eigenvalue weighted by atomic mass is 10.1. The van der Waals surface area contributed by atoms with E-state index in [0.29, 0.717) is 5.82 Å². The first-order valence-electron chi connectivity index (χ1n) is 6.03. The van der Waals surface area contributed by atoms with E-state index in [-0.39, 0.29) is 6.04 Å². The van der Waals surface area contributed by atoms with Crippen molar-refractivity contribution in [3.63, 3.8) is 0 Å². The third-order valence-corrected chi connectivity index (χ3v) is 3.15. The maximum Gasteiger partial charge on any atom is 0.132 e. The van der Waals surface area contributed by atoms with Crippen LogP contribution in [0.3, 0.4) is 0 Å². The lowest BCUT2D eigenvalue weighted by Crippen LogP contribution is -2.07. The quantitative estimate of drug-likeness (QED) is 0.780. The molecule has 5 nitrogen and oxygen atoms in total. The molecule has 0 fully saturated rings. The summed E-state index contributed by atoms with van der Waals surface area (Å²) in [7, 11) is 0. The lowest BCUT2D eigenvalue weighted by molar-refractivity contribution is 0.447. The van der Waals surface area contributed by atoms with Crippen molar-refractivity contribution in [3.05, 3.63) is 55.0 Å². The number of nitrogens with zero attached hydrogens (tertiary/aromatic N) is 3. The molecular formula is C14H14N4O. The number of hydrogen-bond acceptors (Lipinski definition) is 4. The number of rotatable bonds is 3. The van der Waals surface area contributed by atoms with Gasteiger partial charge in [0, 0.05) is 11.8 Å². The Balaban J connectivity index is 2.06. The molecule has 1 atom stereocenters. The first kappa shape index (κ1) is 11.5. The van der Waals surface area contributed by atoms with Gasteiger partial charge in [0.1, 0.15) is 11.6 Å². The van der Waals surface area contributed by atoms with Crippen molar-refractivity contribution in [1.82, 2.24) is 14.5 Å². The molecule has 0 bridgehead atoms. The Kier molecular flexibility index (Phi) is 2.79. The maximum atomic E-state index is 5.92. The molecule has 96 valence electrons. The molecule has 0 amide bonds. The lowest BCUT2D eigenvalue weighted by Gasteiger charge is -2.15. The van der Waals surface area contributed by atoms with Crippen LogP contribution in [0.4, 0.5) is 5.82 Å². The summed E-state index contributed by atoms with van der Waals surface area (Å²) in [6.45, 7) is 2.05. The Bertz CT molecular complexity index is 672. The van der Waals surface area contributed by atoms with Crippen LogP contribution in [0.15, 0.2) is 53.7 Å². The van der Waals surface area contributed by atoms with E-state index in [1.807, 2.05) is 28.8 Å². The van der Waals surface area contributed by atoms with Gasteiger partial charge in [-0.25, -0.2) is 9.97 Å². The molecule has 0 aliphatic rings. The molecule has 0 saturated heterocycles. The number of nitrogen functional groups attached to an aromatic ring is 1. The van der Waals surface area contributed by atoms with Crippen LogP contribution in [0.2, 0.25) is 0 Å². The summed E-state index contributed by atoms with van der Waals surface area (Å²) < 4.78 is 7.46. The van der Waals surface area contributed by atoms with Gasteiger partial charge in [-0.3, -0.25) is 0 Å². The smallest absolute Gasteiger partial charge is 0.132 e. The Morgan fingerprint density at radius 3 is 2.95 bits per heavy atom. The maximum absolute atomic E-state index is 5.92. The predicted molar refractivity (Wildman–Crippen MR) is 72.4 cm³/mol. The van der Waals surface area contributed by atoms with Crippen molar-refractivity contribution in [2.24, 2.45) is 0 Å². The van der Waals surface area contributed by atoms with Crippen molar-refractivity contribution in [2.45, 2.75) is 13.0 Å². The number of nitrogens with two attached hydrogens (primary N) is 1. The van der Waals surface area contributed by atoms with E-state index in [9.17, 15) is 0 Å². The number of anilines is 1. The third-order valence-electron chi connectivity index (χ3n) is 3.15. The monoisotopic (exact) mass is 254 g/mol. The van der Waals surface area contributed by atoms with Crippen LogP contribution >= 0.6 is 0 Å². The Morgan fingerprint density at radius 1 is 1.32 bits per heavy atom. The molecule has 2 N–H and O–H groups in total. The first-order valence-corrected chi connectivity index (χ1v) is 6.03. The van der Waals surface area contributed by atoms with Gasteiger partial charge in [-0.15, -0.1) is 0 Å². The van der Waals surface area contributed by atoms with Gasteiger partial charge < -0.3 is 14.7 Å². The second-order valence-corrected chi connectivity index (χ2v) is 4.31. The number of furan rings is 1. The Labute approximate surface area is 110 Å². The van der Waals surface area contributed by atoms with Crippen molar-refractivity contribution >= 4 is 5.82 Å². The average molecular weight is 254 g/mol. The van der Waals surface area contributed by atoms with Gasteiger partial charge in [0.15, 0.2) is 0 Å². The van der Waals surface area contributed by atoms with Gasteiger partial charge in [0.25, 0.3) is 0 Å². The predicted octanol–water partition coefficient (Wildman–Crippen LogP) is 2.73. The first-order chi connectivity index (χ1) is 9.27. The van der Waals surface area contributed by atoms with Crippen LogP contribution in [-0.4, -0.2) is 14.5 Å². The van der Waals surface area contributed by atoms with Crippen LogP contribution in [0.5, 0.6) is 0 Å². The fourth-order valence-electron chi connectivity index (χ4n) is 2.12. The van der Waals surface area contributed by atoms with E-state index < -0.39 is 0 Å². The van der Waals surface area contributed by atoms with Gasteiger partial charge >= 0.3 is 0 Å². The summed E-state index contributed by atoms with van der Waals surface area (Å²) in [5.41, 5.74) is 7.72. The van der Waals surface area contributed by atoms with Crippen molar-refractivity contribution in [1.29, 1.82) is 0 Å². The van der Waals surface area contributed by atoms with E-state index in [0.717, 1.165) is 17.0 Å². The molecule has 3 aromatic heterocycles. The van der Waals surface area contributed by atoms with Gasteiger partial charge in [-0.05, 0) is 31.2 Å². The molecule has 3 aromatic rings. The van der Waals surface area contributed by atoms with Crippen molar-refractivity contribution in [2.75, 3.05) is 5.73 Å². The molecule has 0 aliphatic carbocycles. The molecular weight excluding hydrogens is 240 g/mol. The van der Waals surface area contributed by atoms with Crippen LogP contribution < -0.4 is 5.73 Å². The highest BCUT2D eigenvalue weighted by Crippen LogP contribution is 2.28. The van der Waals surface area contributed by atoms with E-state index in [1.165, 1.54) is 0 Å². The Morgan fingerprint density at radius 2 is 2.21 bits per heavy atom. The highest BCUT2D eigenvalue weighted by molar-refractivity contribution is 5.70. The summed E-state index contributed by atoms with van der Waals surface area (Å²) in [4.78, 5) is 8.32. The fourth-order valence-corrected chi connectivity index (χ4v) is 2.12. The normalized spacial score (nSPS) is 12.5. The number of aromatic nitrogens is 3. The second kappa shape index (κ2) is 4.61. The summed E-state index contributed by atoms with van der Waals surface area (Å²) in [5, 5.41) is 0. The highest BCUT2D eigenvalue weighted by atomic mass is 16.3. The van der Waals surface area contributed by atoms with E-state index in [2.05, 4.69) is 16.9 Å². The molecule has 0 aliphatic heterocycles. The molecule has 0 radical (unpaired) electrons. The number of hydrogen-bond donors (Lipinski definition) is 1. The number of imidazole rings is 1. The minimum Gasteiger partial charge on any atom is -0.467 e. The summed E-state index contributed by atoms with van der Waals surface area (Å²) in [6.07, 6.45) is 6.90. The zero-order valence-electron chi connectivity index (χ0n) is 10.5. The zero-order valence-corrected chi connectivity index (χ0v) is 10.5. The minimum absolute atomic E-state index is 0.0482. The van der Waals surface area contributed by atoms with Crippen molar-refractivity contribution < 1.29 is 4.42 Å². The molecule has 3 heterocycles. The molecule has 5 heteroatoms. The Hall–Kier alpha value is -2.56. The molecule has 0 saturated carbocycles. The molecule has 19 heavy (non-hydrogen) atoms. The zero-order chi connectivity index (χ0) is 13.2. The number of pyridine rings is 1. The van der Waals surface area contributed by atoms with Gasteiger partial charge in [0.2, 0.25) is 0 Å². The van der Waals surface area contributed by atoms with E-state index in [1.54, 1.807) is 25.0 Å². The standard InChI is InChI=1S/C14H14N4O/c1-10(13-5-3-7-19-13)18-9-16-8-12(18)11-4-2-6-17-14(11)15/h2-10H,1H3,(H2,15,17). The molecule has 0 spiro atoms. The summed E-state index contributed by atoms with van der Waals surface area (Å²) in [6, 6.07) is 7.67. The second-order valence-electron chi connectivity index (χ2n) is 4.31. The topological polar surface area (TPSA) is 69.9 Å². The average Bonchev–Trinajstić information content (AvgIpc) is 3.10. The van der Waals surface area contributed by atoms with E-state index >= 15 is 0 Å². The largest absolute Gasteiger partial charge is 0.467 e. The van der Waals surface area contributed by atoms with Gasteiger partial charge in [0.05, 0.1) is 30.5 Å². The third kappa shape index (κ3) is 1.99. The summed E-state index contributed by atoms with van der Waals surface area (Å²) in [5.74, 6) is 1.37. The van der Waals surface area contributed by atoms with Gasteiger partial charge in [-0.2, -0.15) is 0 Å². The van der Waals surface area contributed by atoms with Crippen LogP contribution in [0.1, 0.15) is 18.7 Å². The summed E-state index contributed by atoms with van der Waals surface area (Å²) >= 11 is 0. The van der Waals surface area contributed by atoms with Gasteiger partial charge in [-0.1, -0.05) is 0 Å². The van der Waals surface area contributed by atoms with Crippen LogP contribution in [0.25, 0.3) is 11.3 Å². The fraction of sp³-hybridized carbons (Fsp3) is 0.143. The molecule has 3 rings (SSSR count). The van der Waals surface area contributed by atoms with Crippen LogP contribution in [0, 0.1) is 0 Å². The van der Waals surface area contributed by atoms with E-state index in [4.69, 9.17) is 10.2 Å².